The van der Waals surface area contributed by atoms with E-state index in [1.807, 2.05) is 0 Å². The zero-order chi connectivity index (χ0) is 17.7. The normalized spacial score (nSPS) is 28.8. The molecule has 0 radical (unpaired) electrons. The van der Waals surface area contributed by atoms with Gasteiger partial charge in [-0.2, -0.15) is 0 Å². The summed E-state index contributed by atoms with van der Waals surface area (Å²) in [4.78, 5) is 43.6. The highest BCUT2D eigenvalue weighted by Gasteiger charge is 2.50. The third-order valence-electron chi connectivity index (χ3n) is 3.22. The average Bonchev–Trinajstić information content (AvgIpc) is 3.07. The van der Waals surface area contributed by atoms with Crippen LogP contribution in [0.15, 0.2) is 24.3 Å². The largest absolute Gasteiger partial charge is 0.478 e. The van der Waals surface area contributed by atoms with E-state index in [-0.39, 0.29) is 13.2 Å². The summed E-state index contributed by atoms with van der Waals surface area (Å²) in [5.74, 6) is -4.29. The SMILES string of the molecule is O=C(O)/C=C/C(=O)O[C@H]1CO[C@H]2[C@@H]1OC[C@H]2OC(=O)/C=C/C(=O)O. The summed E-state index contributed by atoms with van der Waals surface area (Å²) in [6, 6.07) is 0. The van der Waals surface area contributed by atoms with Crippen LogP contribution in [-0.2, 0) is 38.1 Å². The molecular weight excluding hydrogens is 328 g/mol. The Morgan fingerprint density at radius 2 is 1.12 bits per heavy atom. The van der Waals surface area contributed by atoms with Crippen LogP contribution >= 0.6 is 0 Å². The number of fused-ring (bicyclic) bond motifs is 1. The summed E-state index contributed by atoms with van der Waals surface area (Å²) in [7, 11) is 0. The topological polar surface area (TPSA) is 146 Å². The number of carbonyl (C=O) groups excluding carboxylic acids is 2. The number of rotatable bonds is 6. The number of carboxylic acids is 2. The van der Waals surface area contributed by atoms with Crippen LogP contribution in [0.4, 0.5) is 0 Å². The molecule has 0 spiro atoms. The van der Waals surface area contributed by atoms with Crippen LogP contribution in [0.1, 0.15) is 0 Å². The molecule has 0 bridgehead atoms. The Hall–Kier alpha value is -2.72. The van der Waals surface area contributed by atoms with Crippen LogP contribution in [0.5, 0.6) is 0 Å². The Kier molecular flexibility index (Phi) is 5.66. The fourth-order valence-corrected chi connectivity index (χ4v) is 2.29. The number of carbonyl (C=O) groups is 4. The van der Waals surface area contributed by atoms with E-state index in [1.165, 1.54) is 0 Å². The van der Waals surface area contributed by atoms with E-state index in [1.54, 1.807) is 0 Å². The minimum absolute atomic E-state index is 0.000993. The molecule has 0 aromatic rings. The first-order valence-electron chi connectivity index (χ1n) is 6.83. The van der Waals surface area contributed by atoms with E-state index in [4.69, 9.17) is 29.2 Å². The fraction of sp³-hybridized carbons (Fsp3) is 0.429. The van der Waals surface area contributed by atoms with Crippen LogP contribution in [0, 0.1) is 0 Å². The molecule has 2 rings (SSSR count). The zero-order valence-corrected chi connectivity index (χ0v) is 12.2. The second-order valence-corrected chi connectivity index (χ2v) is 4.89. The second-order valence-electron chi connectivity index (χ2n) is 4.89. The highest BCUT2D eigenvalue weighted by atomic mass is 16.7. The average molecular weight is 342 g/mol. The summed E-state index contributed by atoms with van der Waals surface area (Å²) in [6.45, 7) is 0.00199. The summed E-state index contributed by atoms with van der Waals surface area (Å²) in [6.07, 6.45) is -0.0348. The number of carboxylic acid groups (broad SMARTS) is 2. The standard InChI is InChI=1S/C14H14O10/c15-9(16)1-3-11(19)23-7-5-21-14-8(6-22-13(7)14)24-12(20)4-2-10(17)18/h1-4,7-8,13-14H,5-6H2,(H,15,16)(H,17,18)/b3-1+,4-2+/t7-,8+,13-,14-/m1/s1. The first kappa shape index (κ1) is 17.6. The quantitative estimate of drug-likeness (QED) is 0.450. The third-order valence-corrected chi connectivity index (χ3v) is 3.22. The molecule has 130 valence electrons. The van der Waals surface area contributed by atoms with Crippen molar-refractivity contribution < 1.29 is 48.3 Å². The van der Waals surface area contributed by atoms with Gasteiger partial charge in [0.15, 0.2) is 12.2 Å². The zero-order valence-electron chi connectivity index (χ0n) is 12.2. The van der Waals surface area contributed by atoms with Crippen molar-refractivity contribution in [2.75, 3.05) is 13.2 Å². The smallest absolute Gasteiger partial charge is 0.331 e. The van der Waals surface area contributed by atoms with Gasteiger partial charge in [0.05, 0.1) is 13.2 Å². The minimum Gasteiger partial charge on any atom is -0.478 e. The number of hydrogen-bond donors (Lipinski definition) is 2. The predicted octanol–water partition coefficient (Wildman–Crippen LogP) is -1.11. The minimum atomic E-state index is -1.29. The Bertz CT molecular complexity index is 540. The third kappa shape index (κ3) is 4.64. The van der Waals surface area contributed by atoms with Gasteiger partial charge in [-0.1, -0.05) is 0 Å². The van der Waals surface area contributed by atoms with Gasteiger partial charge in [-0.05, 0) is 0 Å². The molecule has 0 saturated carbocycles. The number of aliphatic carboxylic acids is 2. The van der Waals surface area contributed by atoms with Crippen LogP contribution in [-0.4, -0.2) is 71.7 Å². The molecule has 10 nitrogen and oxygen atoms in total. The molecule has 10 heteroatoms. The van der Waals surface area contributed by atoms with Crippen LogP contribution in [0.25, 0.3) is 0 Å². The van der Waals surface area contributed by atoms with Gasteiger partial charge in [0.25, 0.3) is 0 Å². The van der Waals surface area contributed by atoms with Crippen LogP contribution in [0.3, 0.4) is 0 Å². The molecule has 0 unspecified atom stereocenters. The van der Waals surface area contributed by atoms with Crippen molar-refractivity contribution in [3.8, 4) is 0 Å². The van der Waals surface area contributed by atoms with Gasteiger partial charge in [-0.25, -0.2) is 19.2 Å². The molecule has 24 heavy (non-hydrogen) atoms. The van der Waals surface area contributed by atoms with Crippen molar-refractivity contribution in [3.63, 3.8) is 0 Å². The molecule has 0 aliphatic carbocycles. The maximum atomic E-state index is 11.5. The molecule has 2 N–H and O–H groups in total. The van der Waals surface area contributed by atoms with Gasteiger partial charge >= 0.3 is 23.9 Å². The molecule has 2 aliphatic rings. The van der Waals surface area contributed by atoms with Gasteiger partial charge in [0.1, 0.15) is 12.2 Å². The van der Waals surface area contributed by atoms with Crippen molar-refractivity contribution in [1.29, 1.82) is 0 Å². The van der Waals surface area contributed by atoms with E-state index in [0.717, 1.165) is 12.2 Å². The van der Waals surface area contributed by atoms with Gasteiger partial charge in [0.2, 0.25) is 0 Å². The van der Waals surface area contributed by atoms with Gasteiger partial charge < -0.3 is 29.2 Å². The number of ether oxygens (including phenoxy) is 4. The van der Waals surface area contributed by atoms with Crippen molar-refractivity contribution in [1.82, 2.24) is 0 Å². The maximum Gasteiger partial charge on any atom is 0.331 e. The van der Waals surface area contributed by atoms with Gasteiger partial charge in [-0.15, -0.1) is 0 Å². The van der Waals surface area contributed by atoms with E-state index < -0.39 is 48.3 Å². The van der Waals surface area contributed by atoms with Gasteiger partial charge in [0, 0.05) is 24.3 Å². The second kappa shape index (κ2) is 7.70. The number of esters is 2. The number of hydrogen-bond acceptors (Lipinski definition) is 8. The highest BCUT2D eigenvalue weighted by Crippen LogP contribution is 2.30. The summed E-state index contributed by atoms with van der Waals surface area (Å²) in [5.41, 5.74) is 0. The van der Waals surface area contributed by atoms with E-state index in [0.29, 0.717) is 12.2 Å². The van der Waals surface area contributed by atoms with E-state index in [9.17, 15) is 19.2 Å². The Labute approximate surface area is 135 Å². The highest BCUT2D eigenvalue weighted by molar-refractivity contribution is 5.91. The summed E-state index contributed by atoms with van der Waals surface area (Å²) < 4.78 is 20.9. The Morgan fingerprint density at radius 1 is 0.750 bits per heavy atom. The lowest BCUT2D eigenvalue weighted by molar-refractivity contribution is -0.149. The Morgan fingerprint density at radius 3 is 1.46 bits per heavy atom. The first-order valence-corrected chi connectivity index (χ1v) is 6.83. The van der Waals surface area contributed by atoms with Crippen molar-refractivity contribution >= 4 is 23.9 Å². The first-order chi connectivity index (χ1) is 11.4. The van der Waals surface area contributed by atoms with Crippen molar-refractivity contribution in [2.45, 2.75) is 24.4 Å². The van der Waals surface area contributed by atoms with E-state index in [2.05, 4.69) is 0 Å². The molecule has 0 aromatic heterocycles. The molecule has 2 aliphatic heterocycles. The lowest BCUT2D eigenvalue weighted by atomic mass is 10.1. The summed E-state index contributed by atoms with van der Waals surface area (Å²) >= 11 is 0. The Balaban J connectivity index is 1.87. The van der Waals surface area contributed by atoms with Gasteiger partial charge in [-0.3, -0.25) is 0 Å². The molecule has 0 amide bonds. The van der Waals surface area contributed by atoms with Crippen LogP contribution in [0.2, 0.25) is 0 Å². The molecule has 4 atom stereocenters. The lowest BCUT2D eigenvalue weighted by Gasteiger charge is -2.16. The van der Waals surface area contributed by atoms with E-state index >= 15 is 0 Å². The predicted molar refractivity (Wildman–Crippen MR) is 72.8 cm³/mol. The summed E-state index contributed by atoms with van der Waals surface area (Å²) in [5, 5.41) is 16.9. The molecule has 2 fully saturated rings. The maximum absolute atomic E-state index is 11.5. The molecular formula is C14H14O10. The molecule has 2 saturated heterocycles. The van der Waals surface area contributed by atoms with Crippen molar-refractivity contribution in [3.05, 3.63) is 24.3 Å². The van der Waals surface area contributed by atoms with Crippen molar-refractivity contribution in [2.24, 2.45) is 0 Å². The molecule has 0 aromatic carbocycles. The fourth-order valence-electron chi connectivity index (χ4n) is 2.29. The monoisotopic (exact) mass is 342 g/mol. The lowest BCUT2D eigenvalue weighted by Crippen LogP contribution is -2.35. The molecule has 2 heterocycles. The van der Waals surface area contributed by atoms with Crippen LogP contribution < -0.4 is 0 Å².